The van der Waals surface area contributed by atoms with Gasteiger partial charge in [0.1, 0.15) is 5.82 Å². The minimum atomic E-state index is 0.491. The summed E-state index contributed by atoms with van der Waals surface area (Å²) in [5.74, 6) is 3.68. The first-order valence-corrected chi connectivity index (χ1v) is 12.4. The molecule has 1 N–H and O–H groups in total. The highest BCUT2D eigenvalue weighted by atomic mass is 15.2. The monoisotopic (exact) mass is 409 g/mol. The van der Waals surface area contributed by atoms with E-state index in [-0.39, 0.29) is 0 Å². The molecule has 3 fully saturated rings. The van der Waals surface area contributed by atoms with E-state index < -0.39 is 0 Å². The highest BCUT2D eigenvalue weighted by Gasteiger charge is 2.51. The molecule has 0 radical (unpaired) electrons. The average molecular weight is 410 g/mol. The highest BCUT2D eigenvalue weighted by molar-refractivity contribution is 5.43. The van der Waals surface area contributed by atoms with Gasteiger partial charge < -0.3 is 10.2 Å². The molecule has 5 aliphatic rings. The van der Waals surface area contributed by atoms with Gasteiger partial charge in [-0.05, 0) is 61.8 Å². The van der Waals surface area contributed by atoms with Gasteiger partial charge in [-0.3, -0.25) is 4.90 Å². The van der Waals surface area contributed by atoms with E-state index in [4.69, 9.17) is 4.98 Å². The van der Waals surface area contributed by atoms with Gasteiger partial charge in [-0.1, -0.05) is 38.3 Å². The van der Waals surface area contributed by atoms with E-state index >= 15 is 0 Å². The molecule has 3 heterocycles. The number of allylic oxidation sites excluding steroid dienone is 1. The van der Waals surface area contributed by atoms with Crippen molar-refractivity contribution in [3.63, 3.8) is 0 Å². The number of anilines is 2. The molecule has 164 valence electrons. The number of piperidine rings is 1. The Hall–Kier alpha value is -1.62. The Kier molecular flexibility index (Phi) is 5.74. The van der Waals surface area contributed by atoms with Crippen LogP contribution < -0.4 is 10.2 Å². The first-order valence-electron chi connectivity index (χ1n) is 12.4. The standard InChI is InChI=1S/C25H39N5/c1-25(2)20-8-7-19(22(25)17-20)18-29-15-10-21(11-16-29)27-24-26-12-9-23(28-24)30-13-5-3-4-6-14-30/h7,9,12,20-22H,3-6,8,10-11,13-18H2,1-2H3,(H,26,27,28)/t20?,22-/m0/s1. The van der Waals surface area contributed by atoms with Crippen LogP contribution in [0.25, 0.3) is 0 Å². The van der Waals surface area contributed by atoms with Crippen LogP contribution in [0.1, 0.15) is 65.2 Å². The van der Waals surface area contributed by atoms with Gasteiger partial charge >= 0.3 is 0 Å². The van der Waals surface area contributed by atoms with Crippen molar-refractivity contribution in [2.75, 3.05) is 42.9 Å². The van der Waals surface area contributed by atoms with E-state index in [1.165, 1.54) is 71.0 Å². The summed E-state index contributed by atoms with van der Waals surface area (Å²) >= 11 is 0. The van der Waals surface area contributed by atoms with Crippen LogP contribution in [0.2, 0.25) is 0 Å². The van der Waals surface area contributed by atoms with Crippen LogP contribution in [-0.2, 0) is 0 Å². The fraction of sp³-hybridized carbons (Fsp3) is 0.760. The Morgan fingerprint density at radius 1 is 1.07 bits per heavy atom. The number of fused-ring (bicyclic) bond motifs is 1. The Labute approximate surface area is 182 Å². The van der Waals surface area contributed by atoms with Crippen LogP contribution in [0.4, 0.5) is 11.8 Å². The number of nitrogens with zero attached hydrogens (tertiary/aromatic N) is 4. The van der Waals surface area contributed by atoms with Gasteiger partial charge in [-0.2, -0.15) is 4.98 Å². The molecule has 2 aliphatic heterocycles. The van der Waals surface area contributed by atoms with E-state index in [1.807, 2.05) is 6.20 Å². The fourth-order valence-corrected chi connectivity index (χ4v) is 6.23. The number of rotatable bonds is 5. The molecule has 0 spiro atoms. The summed E-state index contributed by atoms with van der Waals surface area (Å²) in [7, 11) is 0. The molecular formula is C25H39N5. The number of nitrogens with one attached hydrogen (secondary N) is 1. The Morgan fingerprint density at radius 3 is 2.53 bits per heavy atom. The van der Waals surface area contributed by atoms with Crippen molar-refractivity contribution >= 4 is 11.8 Å². The Morgan fingerprint density at radius 2 is 1.83 bits per heavy atom. The number of hydrogen-bond donors (Lipinski definition) is 1. The summed E-state index contributed by atoms with van der Waals surface area (Å²) in [4.78, 5) is 14.5. The van der Waals surface area contributed by atoms with Crippen molar-refractivity contribution in [3.8, 4) is 0 Å². The van der Waals surface area contributed by atoms with Crippen molar-refractivity contribution in [3.05, 3.63) is 23.9 Å². The summed E-state index contributed by atoms with van der Waals surface area (Å²) < 4.78 is 0. The lowest BCUT2D eigenvalue weighted by Crippen LogP contribution is -2.50. The molecular weight excluding hydrogens is 370 g/mol. The molecule has 1 aromatic heterocycles. The number of hydrogen-bond acceptors (Lipinski definition) is 5. The van der Waals surface area contributed by atoms with Crippen molar-refractivity contribution in [1.29, 1.82) is 0 Å². The lowest BCUT2D eigenvalue weighted by atomic mass is 9.49. The third-order valence-corrected chi connectivity index (χ3v) is 8.48. The van der Waals surface area contributed by atoms with Crippen LogP contribution in [-0.4, -0.2) is 53.6 Å². The SMILES string of the molecule is CC1(C)C2CC=C(CN3CCC(Nc4nccc(N5CCCCCC5)n4)CC3)[C@@H]1C2. The van der Waals surface area contributed by atoms with E-state index in [0.29, 0.717) is 11.5 Å². The number of likely N-dealkylation sites (tertiary alicyclic amines) is 1. The minimum absolute atomic E-state index is 0.491. The van der Waals surface area contributed by atoms with Crippen molar-refractivity contribution in [1.82, 2.24) is 14.9 Å². The maximum atomic E-state index is 4.86. The molecule has 0 amide bonds. The third kappa shape index (κ3) is 4.10. The van der Waals surface area contributed by atoms with Gasteiger partial charge in [-0.15, -0.1) is 0 Å². The van der Waals surface area contributed by atoms with E-state index in [2.05, 4.69) is 46.1 Å². The van der Waals surface area contributed by atoms with Gasteiger partial charge in [0.2, 0.25) is 5.95 Å². The van der Waals surface area contributed by atoms with Crippen LogP contribution >= 0.6 is 0 Å². The van der Waals surface area contributed by atoms with Gasteiger partial charge in [0, 0.05) is 45.0 Å². The summed E-state index contributed by atoms with van der Waals surface area (Å²) in [6.07, 6.45) is 14.8. The summed E-state index contributed by atoms with van der Waals surface area (Å²) in [6, 6.07) is 2.56. The second-order valence-corrected chi connectivity index (χ2v) is 10.7. The maximum absolute atomic E-state index is 4.86. The van der Waals surface area contributed by atoms with Crippen molar-refractivity contribution in [2.24, 2.45) is 17.3 Å². The first-order chi connectivity index (χ1) is 14.6. The summed E-state index contributed by atoms with van der Waals surface area (Å²) in [6.45, 7) is 10.8. The van der Waals surface area contributed by atoms with Gasteiger partial charge in [0.25, 0.3) is 0 Å². The molecule has 1 saturated carbocycles. The molecule has 2 atom stereocenters. The van der Waals surface area contributed by atoms with Crippen LogP contribution in [0.3, 0.4) is 0 Å². The lowest BCUT2D eigenvalue weighted by Gasteiger charge is -2.57. The van der Waals surface area contributed by atoms with Crippen LogP contribution in [0.15, 0.2) is 23.9 Å². The predicted octanol–water partition coefficient (Wildman–Crippen LogP) is 4.73. The van der Waals surface area contributed by atoms with E-state index in [9.17, 15) is 0 Å². The second-order valence-electron chi connectivity index (χ2n) is 10.7. The third-order valence-electron chi connectivity index (χ3n) is 8.48. The van der Waals surface area contributed by atoms with E-state index in [0.717, 1.165) is 36.7 Å². The first kappa shape index (κ1) is 20.3. The minimum Gasteiger partial charge on any atom is -0.356 e. The molecule has 2 saturated heterocycles. The predicted molar refractivity (Wildman–Crippen MR) is 124 cm³/mol. The molecule has 5 nitrogen and oxygen atoms in total. The largest absolute Gasteiger partial charge is 0.356 e. The normalized spacial score (nSPS) is 29.7. The van der Waals surface area contributed by atoms with Gasteiger partial charge in [0.15, 0.2) is 0 Å². The number of aromatic nitrogens is 2. The highest BCUT2D eigenvalue weighted by Crippen LogP contribution is 2.59. The smallest absolute Gasteiger partial charge is 0.224 e. The van der Waals surface area contributed by atoms with Crippen molar-refractivity contribution < 1.29 is 0 Å². The van der Waals surface area contributed by atoms with Crippen molar-refractivity contribution in [2.45, 2.75) is 71.3 Å². The topological polar surface area (TPSA) is 44.3 Å². The quantitative estimate of drug-likeness (QED) is 0.713. The Bertz CT molecular complexity index is 757. The summed E-state index contributed by atoms with van der Waals surface area (Å²) in [5.41, 5.74) is 2.27. The van der Waals surface area contributed by atoms with E-state index in [1.54, 1.807) is 5.57 Å². The molecule has 0 aromatic carbocycles. The summed E-state index contributed by atoms with van der Waals surface area (Å²) in [5, 5.41) is 3.64. The zero-order valence-electron chi connectivity index (χ0n) is 18.9. The molecule has 1 aromatic rings. The zero-order chi connectivity index (χ0) is 20.6. The zero-order valence-corrected chi connectivity index (χ0v) is 18.9. The average Bonchev–Trinajstić information content (AvgIpc) is 3.05. The van der Waals surface area contributed by atoms with Gasteiger partial charge in [0.05, 0.1) is 0 Å². The molecule has 1 unspecified atom stereocenters. The van der Waals surface area contributed by atoms with Crippen LogP contribution in [0, 0.1) is 17.3 Å². The van der Waals surface area contributed by atoms with Gasteiger partial charge in [-0.25, -0.2) is 4.98 Å². The molecule has 2 bridgehead atoms. The molecule has 3 aliphatic carbocycles. The lowest BCUT2D eigenvalue weighted by molar-refractivity contribution is -0.0112. The van der Waals surface area contributed by atoms with Crippen LogP contribution in [0.5, 0.6) is 0 Å². The molecule has 5 heteroatoms. The fourth-order valence-electron chi connectivity index (χ4n) is 6.23. The second kappa shape index (κ2) is 8.49. The molecule has 6 rings (SSSR count). The Balaban J connectivity index is 1.12. The molecule has 30 heavy (non-hydrogen) atoms. The maximum Gasteiger partial charge on any atom is 0.224 e.